The molecule has 1 aliphatic carbocycles. The maximum Gasteiger partial charge on any atom is 0.227 e. The number of rotatable bonds is 5. The summed E-state index contributed by atoms with van der Waals surface area (Å²) in [5.41, 5.74) is 0.693. The van der Waals surface area contributed by atoms with Gasteiger partial charge in [0.1, 0.15) is 0 Å². The van der Waals surface area contributed by atoms with Crippen molar-refractivity contribution in [3.8, 4) is 17.4 Å². The van der Waals surface area contributed by atoms with E-state index in [-0.39, 0.29) is 11.8 Å². The molecule has 1 N–H and O–H groups in total. The van der Waals surface area contributed by atoms with Gasteiger partial charge in [-0.05, 0) is 31.0 Å². The fraction of sp³-hybridized carbons (Fsp3) is 0.368. The summed E-state index contributed by atoms with van der Waals surface area (Å²) in [7, 11) is 1.60. The van der Waals surface area contributed by atoms with Crippen molar-refractivity contribution < 1.29 is 14.3 Å². The number of anilines is 1. The first-order valence-electron chi connectivity index (χ1n) is 8.34. The monoisotopic (exact) mass is 326 g/mol. The first kappa shape index (κ1) is 16.3. The van der Waals surface area contributed by atoms with E-state index in [9.17, 15) is 4.79 Å². The van der Waals surface area contributed by atoms with E-state index in [1.165, 1.54) is 6.42 Å². The number of nitrogens with zero attached hydrogens (tertiary/aromatic N) is 1. The van der Waals surface area contributed by atoms with E-state index in [0.29, 0.717) is 23.1 Å². The smallest absolute Gasteiger partial charge is 0.227 e. The molecule has 24 heavy (non-hydrogen) atoms. The highest BCUT2D eigenvalue weighted by atomic mass is 16.5. The summed E-state index contributed by atoms with van der Waals surface area (Å²) >= 11 is 0. The number of carbonyl (C=O) groups excluding carboxylic acids is 1. The summed E-state index contributed by atoms with van der Waals surface area (Å²) in [5.74, 6) is 1.92. The lowest BCUT2D eigenvalue weighted by atomic mass is 9.88. The summed E-state index contributed by atoms with van der Waals surface area (Å²) in [5, 5.41) is 2.94. The summed E-state index contributed by atoms with van der Waals surface area (Å²) in [6, 6.07) is 10.9. The number of para-hydroxylation sites is 2. The second-order valence-electron chi connectivity index (χ2n) is 5.96. The zero-order chi connectivity index (χ0) is 16.8. The molecule has 1 heterocycles. The maximum absolute atomic E-state index is 12.2. The standard InChI is InChI=1S/C19H22N2O3/c1-23-16-9-5-6-10-17(16)24-18-12-11-15(13-20-18)21-19(22)14-7-3-2-4-8-14/h5-6,9-14H,2-4,7-8H2,1H3,(H,21,22). The molecule has 0 radical (unpaired) electrons. The molecule has 0 unspecified atom stereocenters. The van der Waals surface area contributed by atoms with Crippen LogP contribution in [0.4, 0.5) is 5.69 Å². The van der Waals surface area contributed by atoms with E-state index in [1.54, 1.807) is 25.4 Å². The van der Waals surface area contributed by atoms with E-state index >= 15 is 0 Å². The van der Waals surface area contributed by atoms with Crippen LogP contribution in [-0.4, -0.2) is 18.0 Å². The Bertz CT molecular complexity index is 679. The largest absolute Gasteiger partial charge is 0.493 e. The van der Waals surface area contributed by atoms with Gasteiger partial charge in [0.15, 0.2) is 11.5 Å². The minimum Gasteiger partial charge on any atom is -0.493 e. The van der Waals surface area contributed by atoms with Gasteiger partial charge in [-0.3, -0.25) is 4.79 Å². The number of pyridine rings is 1. The average Bonchev–Trinajstić information content (AvgIpc) is 2.64. The van der Waals surface area contributed by atoms with Crippen LogP contribution in [0.2, 0.25) is 0 Å². The SMILES string of the molecule is COc1ccccc1Oc1ccc(NC(=O)C2CCCCC2)cn1. The van der Waals surface area contributed by atoms with Crippen LogP contribution in [0, 0.1) is 5.92 Å². The fourth-order valence-electron chi connectivity index (χ4n) is 2.94. The Morgan fingerprint density at radius 3 is 2.50 bits per heavy atom. The maximum atomic E-state index is 12.2. The first-order valence-corrected chi connectivity index (χ1v) is 8.34. The van der Waals surface area contributed by atoms with Gasteiger partial charge in [0.05, 0.1) is 19.0 Å². The van der Waals surface area contributed by atoms with Crippen LogP contribution in [0.3, 0.4) is 0 Å². The number of nitrogens with one attached hydrogen (secondary N) is 1. The number of amides is 1. The van der Waals surface area contributed by atoms with Crippen molar-refractivity contribution in [2.24, 2.45) is 5.92 Å². The molecule has 0 spiro atoms. The topological polar surface area (TPSA) is 60.5 Å². The van der Waals surface area contributed by atoms with Gasteiger partial charge in [-0.25, -0.2) is 4.98 Å². The lowest BCUT2D eigenvalue weighted by molar-refractivity contribution is -0.120. The Hall–Kier alpha value is -2.56. The zero-order valence-corrected chi connectivity index (χ0v) is 13.8. The minimum absolute atomic E-state index is 0.0925. The van der Waals surface area contributed by atoms with Crippen LogP contribution in [0.1, 0.15) is 32.1 Å². The molecule has 1 fully saturated rings. The van der Waals surface area contributed by atoms with E-state index in [2.05, 4.69) is 10.3 Å². The van der Waals surface area contributed by atoms with Crippen LogP contribution in [0.25, 0.3) is 0 Å². The molecule has 1 aliphatic rings. The Balaban J connectivity index is 1.61. The van der Waals surface area contributed by atoms with Crippen molar-refractivity contribution in [1.82, 2.24) is 4.98 Å². The lowest BCUT2D eigenvalue weighted by Gasteiger charge is -2.20. The van der Waals surface area contributed by atoms with Crippen LogP contribution in [0.5, 0.6) is 17.4 Å². The molecular formula is C19H22N2O3. The van der Waals surface area contributed by atoms with Gasteiger partial charge in [-0.15, -0.1) is 0 Å². The van der Waals surface area contributed by atoms with Crippen LogP contribution >= 0.6 is 0 Å². The number of carbonyl (C=O) groups is 1. The normalized spacial score (nSPS) is 14.9. The Morgan fingerprint density at radius 2 is 1.83 bits per heavy atom. The van der Waals surface area contributed by atoms with E-state index in [1.807, 2.05) is 24.3 Å². The predicted molar refractivity (Wildman–Crippen MR) is 92.5 cm³/mol. The van der Waals surface area contributed by atoms with Gasteiger partial charge in [0.2, 0.25) is 11.8 Å². The van der Waals surface area contributed by atoms with Gasteiger partial charge in [0, 0.05) is 12.0 Å². The van der Waals surface area contributed by atoms with Gasteiger partial charge >= 0.3 is 0 Å². The molecule has 1 saturated carbocycles. The molecule has 2 aromatic rings. The summed E-state index contributed by atoms with van der Waals surface area (Å²) < 4.78 is 11.0. The summed E-state index contributed by atoms with van der Waals surface area (Å²) in [4.78, 5) is 16.5. The molecule has 0 aliphatic heterocycles. The molecule has 5 nitrogen and oxygen atoms in total. The number of ether oxygens (including phenoxy) is 2. The molecule has 0 saturated heterocycles. The first-order chi connectivity index (χ1) is 11.8. The van der Waals surface area contributed by atoms with E-state index < -0.39 is 0 Å². The molecule has 126 valence electrons. The molecule has 0 atom stereocenters. The predicted octanol–water partition coefficient (Wildman–Crippen LogP) is 4.40. The summed E-state index contributed by atoms with van der Waals surface area (Å²) in [6.45, 7) is 0. The molecule has 3 rings (SSSR count). The fourth-order valence-corrected chi connectivity index (χ4v) is 2.94. The van der Waals surface area contributed by atoms with E-state index in [4.69, 9.17) is 9.47 Å². The van der Waals surface area contributed by atoms with Crippen molar-refractivity contribution in [2.75, 3.05) is 12.4 Å². The number of hydrogen-bond donors (Lipinski definition) is 1. The lowest BCUT2D eigenvalue weighted by Crippen LogP contribution is -2.24. The number of methoxy groups -OCH3 is 1. The van der Waals surface area contributed by atoms with Crippen molar-refractivity contribution in [1.29, 1.82) is 0 Å². The zero-order valence-electron chi connectivity index (χ0n) is 13.8. The molecule has 5 heteroatoms. The van der Waals surface area contributed by atoms with Gasteiger partial charge in [0.25, 0.3) is 0 Å². The molecule has 1 aromatic heterocycles. The second kappa shape index (κ2) is 7.81. The second-order valence-corrected chi connectivity index (χ2v) is 5.96. The Kier molecular flexibility index (Phi) is 5.31. The van der Waals surface area contributed by atoms with Crippen molar-refractivity contribution in [3.63, 3.8) is 0 Å². The van der Waals surface area contributed by atoms with Crippen molar-refractivity contribution >= 4 is 11.6 Å². The third kappa shape index (κ3) is 4.04. The van der Waals surface area contributed by atoms with Crippen molar-refractivity contribution in [2.45, 2.75) is 32.1 Å². The third-order valence-electron chi connectivity index (χ3n) is 4.26. The van der Waals surface area contributed by atoms with Gasteiger partial charge in [-0.2, -0.15) is 0 Å². The molecule has 1 amide bonds. The van der Waals surface area contributed by atoms with Crippen LogP contribution in [-0.2, 0) is 4.79 Å². The third-order valence-corrected chi connectivity index (χ3v) is 4.26. The van der Waals surface area contributed by atoms with E-state index in [0.717, 1.165) is 25.7 Å². The highest BCUT2D eigenvalue weighted by Gasteiger charge is 2.21. The van der Waals surface area contributed by atoms with Crippen LogP contribution in [0.15, 0.2) is 42.6 Å². The summed E-state index contributed by atoms with van der Waals surface area (Å²) in [6.07, 6.45) is 7.10. The van der Waals surface area contributed by atoms with Gasteiger partial charge in [-0.1, -0.05) is 31.4 Å². The van der Waals surface area contributed by atoms with Crippen LogP contribution < -0.4 is 14.8 Å². The molecule has 1 aromatic carbocycles. The Morgan fingerprint density at radius 1 is 1.08 bits per heavy atom. The quantitative estimate of drug-likeness (QED) is 0.884. The highest BCUT2D eigenvalue weighted by Crippen LogP contribution is 2.30. The average molecular weight is 326 g/mol. The number of aromatic nitrogens is 1. The molecular weight excluding hydrogens is 304 g/mol. The Labute approximate surface area is 142 Å². The minimum atomic E-state index is 0.0925. The highest BCUT2D eigenvalue weighted by molar-refractivity contribution is 5.92. The van der Waals surface area contributed by atoms with Gasteiger partial charge < -0.3 is 14.8 Å². The number of hydrogen-bond acceptors (Lipinski definition) is 4. The van der Waals surface area contributed by atoms with Crippen molar-refractivity contribution in [3.05, 3.63) is 42.6 Å². The number of benzene rings is 1. The molecule has 0 bridgehead atoms.